The van der Waals surface area contributed by atoms with Crippen LogP contribution in [0.2, 0.25) is 0 Å². The van der Waals surface area contributed by atoms with Gasteiger partial charge in [-0.2, -0.15) is 0 Å². The lowest BCUT2D eigenvalue weighted by Gasteiger charge is -2.10. The van der Waals surface area contributed by atoms with Crippen molar-refractivity contribution in [2.75, 3.05) is 13.2 Å². The average molecular weight is 238 g/mol. The second-order valence-electron chi connectivity index (χ2n) is 3.58. The molecule has 0 aliphatic rings. The smallest absolute Gasteiger partial charge is 0.338 e. The second kappa shape index (κ2) is 5.45. The van der Waals surface area contributed by atoms with Gasteiger partial charge in [0.2, 0.25) is 0 Å². The van der Waals surface area contributed by atoms with Gasteiger partial charge in [-0.1, -0.05) is 0 Å². The monoisotopic (exact) mass is 238 g/mol. The van der Waals surface area contributed by atoms with Crippen LogP contribution in [-0.2, 0) is 4.74 Å². The fraction of sp³-hybridized carbons (Fsp3) is 0.333. The summed E-state index contributed by atoms with van der Waals surface area (Å²) in [6, 6.07) is 2.80. The van der Waals surface area contributed by atoms with Gasteiger partial charge in [0.25, 0.3) is 0 Å². The van der Waals surface area contributed by atoms with Crippen molar-refractivity contribution < 1.29 is 24.5 Å². The summed E-state index contributed by atoms with van der Waals surface area (Å²) >= 11 is 0. The molecule has 0 bridgehead atoms. The number of carbonyl (C=O) groups is 2. The highest BCUT2D eigenvalue weighted by molar-refractivity contribution is 5.95. The van der Waals surface area contributed by atoms with Gasteiger partial charge in [0.1, 0.15) is 6.61 Å². The van der Waals surface area contributed by atoms with Crippen LogP contribution in [0.15, 0.2) is 12.1 Å². The van der Waals surface area contributed by atoms with Gasteiger partial charge >= 0.3 is 11.9 Å². The molecule has 5 nitrogen and oxygen atoms in total. The molecule has 0 radical (unpaired) electrons. The fourth-order valence-corrected chi connectivity index (χ4v) is 1.49. The van der Waals surface area contributed by atoms with Crippen LogP contribution in [0.5, 0.6) is 0 Å². The number of hydrogen-bond donors (Lipinski definition) is 2. The molecule has 1 rings (SSSR count). The lowest BCUT2D eigenvalue weighted by Crippen LogP contribution is -2.12. The first-order valence-corrected chi connectivity index (χ1v) is 5.10. The molecule has 0 amide bonds. The largest absolute Gasteiger partial charge is 0.478 e. The molecule has 0 atom stereocenters. The van der Waals surface area contributed by atoms with Crippen LogP contribution in [0.4, 0.5) is 0 Å². The Morgan fingerprint density at radius 2 is 1.71 bits per heavy atom. The second-order valence-corrected chi connectivity index (χ2v) is 3.58. The highest BCUT2D eigenvalue weighted by atomic mass is 16.5. The first-order chi connectivity index (χ1) is 7.99. The van der Waals surface area contributed by atoms with Crippen LogP contribution < -0.4 is 0 Å². The number of carboxylic acids is 1. The van der Waals surface area contributed by atoms with Gasteiger partial charge in [-0.05, 0) is 37.1 Å². The van der Waals surface area contributed by atoms with Gasteiger partial charge < -0.3 is 14.9 Å². The minimum Gasteiger partial charge on any atom is -0.478 e. The van der Waals surface area contributed by atoms with E-state index < -0.39 is 11.9 Å². The molecule has 0 saturated carbocycles. The van der Waals surface area contributed by atoms with E-state index in [4.69, 9.17) is 14.9 Å². The Morgan fingerprint density at radius 1 is 1.18 bits per heavy atom. The molecule has 5 heteroatoms. The van der Waals surface area contributed by atoms with E-state index in [1.165, 1.54) is 12.1 Å². The number of hydrogen-bond acceptors (Lipinski definition) is 4. The summed E-state index contributed by atoms with van der Waals surface area (Å²) in [5.41, 5.74) is 1.60. The number of carboxylic acid groups (broad SMARTS) is 1. The van der Waals surface area contributed by atoms with Crippen molar-refractivity contribution in [2.45, 2.75) is 13.8 Å². The van der Waals surface area contributed by atoms with Crippen molar-refractivity contribution in [2.24, 2.45) is 0 Å². The van der Waals surface area contributed by atoms with E-state index in [2.05, 4.69) is 0 Å². The Balaban J connectivity index is 3.08. The summed E-state index contributed by atoms with van der Waals surface area (Å²) < 4.78 is 4.78. The third kappa shape index (κ3) is 2.82. The predicted molar refractivity (Wildman–Crippen MR) is 60.2 cm³/mol. The molecule has 0 aromatic heterocycles. The van der Waals surface area contributed by atoms with Crippen LogP contribution in [0.3, 0.4) is 0 Å². The molecule has 17 heavy (non-hydrogen) atoms. The van der Waals surface area contributed by atoms with Gasteiger partial charge in [0, 0.05) is 0 Å². The van der Waals surface area contributed by atoms with E-state index in [1.54, 1.807) is 13.8 Å². The zero-order valence-electron chi connectivity index (χ0n) is 9.69. The molecule has 0 aliphatic carbocycles. The van der Waals surface area contributed by atoms with Crippen molar-refractivity contribution in [3.8, 4) is 0 Å². The average Bonchev–Trinajstić information content (AvgIpc) is 2.29. The van der Waals surface area contributed by atoms with Crippen LogP contribution >= 0.6 is 0 Å². The van der Waals surface area contributed by atoms with Crippen LogP contribution in [0.25, 0.3) is 0 Å². The first kappa shape index (κ1) is 13.2. The third-order valence-corrected chi connectivity index (χ3v) is 2.56. The molecule has 0 unspecified atom stereocenters. The highest BCUT2D eigenvalue weighted by Gasteiger charge is 2.16. The SMILES string of the molecule is Cc1c(C(=O)O)ccc(C(=O)OCCO)c1C. The number of carbonyl (C=O) groups excluding carboxylic acids is 1. The molecule has 0 heterocycles. The number of aliphatic hydroxyl groups excluding tert-OH is 1. The molecule has 0 saturated heterocycles. The molecule has 92 valence electrons. The van der Waals surface area contributed by atoms with Gasteiger partial charge in [-0.15, -0.1) is 0 Å². The molecule has 2 N–H and O–H groups in total. The Morgan fingerprint density at radius 3 is 2.24 bits per heavy atom. The summed E-state index contributed by atoms with van der Waals surface area (Å²) in [4.78, 5) is 22.5. The number of esters is 1. The van der Waals surface area contributed by atoms with Gasteiger partial charge in [-0.3, -0.25) is 0 Å². The van der Waals surface area contributed by atoms with Crippen molar-refractivity contribution in [1.82, 2.24) is 0 Å². The Kier molecular flexibility index (Phi) is 4.23. The van der Waals surface area contributed by atoms with E-state index >= 15 is 0 Å². The van der Waals surface area contributed by atoms with Crippen LogP contribution in [0, 0.1) is 13.8 Å². The molecule has 1 aromatic rings. The Bertz CT molecular complexity index is 450. The van der Waals surface area contributed by atoms with Crippen molar-refractivity contribution in [3.63, 3.8) is 0 Å². The number of aromatic carboxylic acids is 1. The Labute approximate surface area is 98.6 Å². The van der Waals surface area contributed by atoms with E-state index in [9.17, 15) is 9.59 Å². The van der Waals surface area contributed by atoms with Crippen LogP contribution in [0.1, 0.15) is 31.8 Å². The van der Waals surface area contributed by atoms with E-state index in [0.29, 0.717) is 16.7 Å². The van der Waals surface area contributed by atoms with E-state index in [0.717, 1.165) is 0 Å². The molecule has 0 fully saturated rings. The minimum absolute atomic E-state index is 0.0714. The first-order valence-electron chi connectivity index (χ1n) is 5.10. The fourth-order valence-electron chi connectivity index (χ4n) is 1.49. The van der Waals surface area contributed by atoms with E-state index in [-0.39, 0.29) is 18.8 Å². The maximum atomic E-state index is 11.6. The van der Waals surface area contributed by atoms with Crippen molar-refractivity contribution >= 4 is 11.9 Å². The maximum absolute atomic E-state index is 11.6. The number of ether oxygens (including phenoxy) is 1. The molecule has 0 aliphatic heterocycles. The molecular formula is C12H14O5. The number of aliphatic hydroxyl groups is 1. The summed E-state index contributed by atoms with van der Waals surface area (Å²) in [6.45, 7) is 2.99. The minimum atomic E-state index is -1.03. The van der Waals surface area contributed by atoms with Gasteiger partial charge in [0.05, 0.1) is 17.7 Å². The summed E-state index contributed by atoms with van der Waals surface area (Å²) in [5.74, 6) is -1.59. The maximum Gasteiger partial charge on any atom is 0.338 e. The number of rotatable bonds is 4. The Hall–Kier alpha value is -1.88. The molecule has 0 spiro atoms. The topological polar surface area (TPSA) is 83.8 Å². The van der Waals surface area contributed by atoms with Crippen LogP contribution in [-0.4, -0.2) is 35.4 Å². The summed E-state index contributed by atoms with van der Waals surface area (Å²) in [6.07, 6.45) is 0. The number of benzene rings is 1. The van der Waals surface area contributed by atoms with Crippen molar-refractivity contribution in [1.29, 1.82) is 0 Å². The zero-order chi connectivity index (χ0) is 13.0. The van der Waals surface area contributed by atoms with Gasteiger partial charge in [0.15, 0.2) is 0 Å². The molecule has 1 aromatic carbocycles. The normalized spacial score (nSPS) is 10.1. The third-order valence-electron chi connectivity index (χ3n) is 2.56. The van der Waals surface area contributed by atoms with E-state index in [1.807, 2.05) is 0 Å². The lowest BCUT2D eigenvalue weighted by molar-refractivity contribution is 0.0432. The lowest BCUT2D eigenvalue weighted by atomic mass is 9.98. The predicted octanol–water partition coefficient (Wildman–Crippen LogP) is 1.15. The summed E-state index contributed by atoms with van der Waals surface area (Å²) in [5, 5.41) is 17.5. The quantitative estimate of drug-likeness (QED) is 0.769. The zero-order valence-corrected chi connectivity index (χ0v) is 9.69. The highest BCUT2D eigenvalue weighted by Crippen LogP contribution is 2.18. The van der Waals surface area contributed by atoms with Gasteiger partial charge in [-0.25, -0.2) is 9.59 Å². The standard InChI is InChI=1S/C12H14O5/c1-7-8(2)10(12(16)17-6-5-13)4-3-9(7)11(14)15/h3-4,13H,5-6H2,1-2H3,(H,14,15). The molecular weight excluding hydrogens is 224 g/mol. The van der Waals surface area contributed by atoms with Crippen molar-refractivity contribution in [3.05, 3.63) is 34.4 Å². The summed E-state index contributed by atoms with van der Waals surface area (Å²) in [7, 11) is 0.